The van der Waals surface area contributed by atoms with Crippen molar-refractivity contribution >= 4 is 11.6 Å². The van der Waals surface area contributed by atoms with Gasteiger partial charge in [-0.15, -0.1) is 0 Å². The molecule has 1 heterocycles. The average Bonchev–Trinajstić information content (AvgIpc) is 2.54. The van der Waals surface area contributed by atoms with E-state index in [0.717, 1.165) is 0 Å². The van der Waals surface area contributed by atoms with Crippen molar-refractivity contribution in [3.05, 3.63) is 21.5 Å². The van der Waals surface area contributed by atoms with Crippen LogP contribution in [-0.4, -0.2) is 33.7 Å². The highest BCUT2D eigenvalue weighted by atomic mass is 16.6. The van der Waals surface area contributed by atoms with E-state index in [1.54, 1.807) is 13.8 Å². The van der Waals surface area contributed by atoms with Crippen LogP contribution in [0.1, 0.15) is 17.8 Å². The zero-order chi connectivity index (χ0) is 13.7. The summed E-state index contributed by atoms with van der Waals surface area (Å²) in [6.07, 6.45) is 0.697. The van der Waals surface area contributed by atoms with Crippen LogP contribution < -0.4 is 11.1 Å². The molecule has 1 amide bonds. The summed E-state index contributed by atoms with van der Waals surface area (Å²) >= 11 is 0. The predicted molar refractivity (Wildman–Crippen MR) is 65.0 cm³/mol. The van der Waals surface area contributed by atoms with Gasteiger partial charge in [-0.05, 0) is 26.8 Å². The van der Waals surface area contributed by atoms with Crippen molar-refractivity contribution in [3.8, 4) is 0 Å². The molecule has 0 radical (unpaired) electrons. The smallest absolute Gasteiger partial charge is 0.312 e. The third-order valence-corrected chi connectivity index (χ3v) is 2.52. The number of nitrogens with zero attached hydrogens (tertiary/aromatic N) is 3. The van der Waals surface area contributed by atoms with Crippen molar-refractivity contribution in [2.24, 2.45) is 5.73 Å². The van der Waals surface area contributed by atoms with Crippen LogP contribution in [0.2, 0.25) is 0 Å². The first-order valence-electron chi connectivity index (χ1n) is 5.62. The molecule has 18 heavy (non-hydrogen) atoms. The minimum Gasteiger partial charge on any atom is -0.354 e. The minimum absolute atomic E-state index is 0.0227. The molecule has 0 aliphatic carbocycles. The van der Waals surface area contributed by atoms with E-state index in [0.29, 0.717) is 30.9 Å². The number of nitrogens with two attached hydrogens (primary N) is 1. The molecule has 1 aromatic rings. The van der Waals surface area contributed by atoms with Crippen molar-refractivity contribution in [3.63, 3.8) is 0 Å². The molecule has 0 bridgehead atoms. The molecule has 0 saturated carbocycles. The molecule has 8 heteroatoms. The second-order valence-electron chi connectivity index (χ2n) is 3.93. The third kappa shape index (κ3) is 3.27. The fourth-order valence-electron chi connectivity index (χ4n) is 1.63. The first kappa shape index (κ1) is 14.1. The molecule has 0 aliphatic rings. The molecule has 0 atom stereocenters. The van der Waals surface area contributed by atoms with Gasteiger partial charge in [-0.25, -0.2) is 0 Å². The van der Waals surface area contributed by atoms with Crippen LogP contribution >= 0.6 is 0 Å². The summed E-state index contributed by atoms with van der Waals surface area (Å²) in [5.41, 5.74) is 5.96. The van der Waals surface area contributed by atoms with Gasteiger partial charge in [-0.2, -0.15) is 5.10 Å². The normalized spacial score (nSPS) is 10.4. The van der Waals surface area contributed by atoms with Crippen LogP contribution in [0.15, 0.2) is 0 Å². The van der Waals surface area contributed by atoms with Crippen LogP contribution in [-0.2, 0) is 11.3 Å². The lowest BCUT2D eigenvalue weighted by Gasteiger charge is -2.05. The maximum Gasteiger partial charge on any atom is 0.312 e. The zero-order valence-electron chi connectivity index (χ0n) is 10.5. The van der Waals surface area contributed by atoms with Gasteiger partial charge in [0, 0.05) is 6.54 Å². The molecular weight excluding hydrogens is 238 g/mol. The number of aromatic nitrogens is 2. The summed E-state index contributed by atoms with van der Waals surface area (Å²) < 4.78 is 1.34. The highest BCUT2D eigenvalue weighted by Crippen LogP contribution is 2.21. The molecule has 100 valence electrons. The molecule has 8 nitrogen and oxygen atoms in total. The fourth-order valence-corrected chi connectivity index (χ4v) is 1.63. The van der Waals surface area contributed by atoms with Gasteiger partial charge in [0.05, 0.1) is 4.92 Å². The molecule has 3 N–H and O–H groups in total. The molecule has 0 aromatic carbocycles. The van der Waals surface area contributed by atoms with Crippen molar-refractivity contribution in [2.45, 2.75) is 26.8 Å². The van der Waals surface area contributed by atoms with Crippen LogP contribution in [0.4, 0.5) is 5.69 Å². The third-order valence-electron chi connectivity index (χ3n) is 2.52. The van der Waals surface area contributed by atoms with E-state index in [4.69, 9.17) is 5.73 Å². The zero-order valence-corrected chi connectivity index (χ0v) is 10.5. The Bertz CT molecular complexity index is 455. The first-order chi connectivity index (χ1) is 8.47. The van der Waals surface area contributed by atoms with E-state index in [1.807, 2.05) is 0 Å². The maximum absolute atomic E-state index is 11.5. The fraction of sp³-hybridized carbons (Fsp3) is 0.600. The van der Waals surface area contributed by atoms with Crippen LogP contribution in [0.3, 0.4) is 0 Å². The molecule has 0 unspecified atom stereocenters. The van der Waals surface area contributed by atoms with E-state index in [9.17, 15) is 14.9 Å². The van der Waals surface area contributed by atoms with Gasteiger partial charge in [0.15, 0.2) is 0 Å². The highest BCUT2D eigenvalue weighted by molar-refractivity contribution is 5.75. The van der Waals surface area contributed by atoms with E-state index >= 15 is 0 Å². The lowest BCUT2D eigenvalue weighted by molar-refractivity contribution is -0.386. The highest BCUT2D eigenvalue weighted by Gasteiger charge is 2.22. The number of aryl methyl sites for hydroxylation is 1. The van der Waals surface area contributed by atoms with Crippen molar-refractivity contribution in [2.75, 3.05) is 13.1 Å². The second-order valence-corrected chi connectivity index (χ2v) is 3.93. The number of hydrogen-bond acceptors (Lipinski definition) is 5. The Labute approximate surface area is 104 Å². The van der Waals surface area contributed by atoms with Crippen LogP contribution in [0.5, 0.6) is 0 Å². The summed E-state index contributed by atoms with van der Waals surface area (Å²) in [7, 11) is 0. The lowest BCUT2D eigenvalue weighted by Crippen LogP contribution is -2.30. The molecule has 1 aromatic heterocycles. The molecule has 0 spiro atoms. The number of carbonyl (C=O) groups is 1. The number of amides is 1. The number of hydrogen-bond donors (Lipinski definition) is 2. The van der Waals surface area contributed by atoms with Gasteiger partial charge in [0.1, 0.15) is 17.9 Å². The summed E-state index contributed by atoms with van der Waals surface area (Å²) in [5, 5.41) is 17.4. The summed E-state index contributed by atoms with van der Waals surface area (Å²) in [6.45, 7) is 4.10. The van der Waals surface area contributed by atoms with E-state index in [-0.39, 0.29) is 18.1 Å². The number of carbonyl (C=O) groups excluding carboxylic acids is 1. The summed E-state index contributed by atoms with van der Waals surface area (Å²) in [6, 6.07) is 0. The summed E-state index contributed by atoms with van der Waals surface area (Å²) in [5.74, 6) is -0.232. The van der Waals surface area contributed by atoms with Gasteiger partial charge in [0.2, 0.25) is 5.91 Å². The standard InChI is InChI=1S/C10H17N5O3/c1-7-10(15(17)18)8(2)14(13-7)6-9(16)12-5-3-4-11/h3-6,11H2,1-2H3,(H,12,16). The largest absolute Gasteiger partial charge is 0.354 e. The van der Waals surface area contributed by atoms with E-state index < -0.39 is 4.92 Å². The van der Waals surface area contributed by atoms with Gasteiger partial charge in [0.25, 0.3) is 0 Å². The van der Waals surface area contributed by atoms with Gasteiger partial charge in [-0.3, -0.25) is 19.6 Å². The Morgan fingerprint density at radius 1 is 1.56 bits per heavy atom. The molecular formula is C10H17N5O3. The second kappa shape index (κ2) is 6.10. The van der Waals surface area contributed by atoms with E-state index in [2.05, 4.69) is 10.4 Å². The molecule has 0 saturated heterocycles. The monoisotopic (exact) mass is 255 g/mol. The van der Waals surface area contributed by atoms with Gasteiger partial charge in [-0.1, -0.05) is 0 Å². The number of nitro groups is 1. The average molecular weight is 255 g/mol. The maximum atomic E-state index is 11.5. The van der Waals surface area contributed by atoms with Gasteiger partial charge < -0.3 is 11.1 Å². The Morgan fingerprint density at radius 3 is 2.72 bits per heavy atom. The van der Waals surface area contributed by atoms with Gasteiger partial charge >= 0.3 is 5.69 Å². The van der Waals surface area contributed by atoms with Crippen molar-refractivity contribution in [1.29, 1.82) is 0 Å². The topological polar surface area (TPSA) is 116 Å². The van der Waals surface area contributed by atoms with Crippen molar-refractivity contribution in [1.82, 2.24) is 15.1 Å². The Kier molecular flexibility index (Phi) is 4.78. The van der Waals surface area contributed by atoms with Crippen LogP contribution in [0.25, 0.3) is 0 Å². The Morgan fingerprint density at radius 2 is 2.22 bits per heavy atom. The predicted octanol–water partition coefficient (Wildman–Crippen LogP) is -0.127. The molecule has 0 aliphatic heterocycles. The number of rotatable bonds is 6. The molecule has 0 fully saturated rings. The van der Waals surface area contributed by atoms with Crippen molar-refractivity contribution < 1.29 is 9.72 Å². The quantitative estimate of drug-likeness (QED) is 0.417. The lowest BCUT2D eigenvalue weighted by atomic mass is 10.3. The Hall–Kier alpha value is -1.96. The van der Waals surface area contributed by atoms with Crippen LogP contribution in [0, 0.1) is 24.0 Å². The molecule has 1 rings (SSSR count). The Balaban J connectivity index is 2.71. The minimum atomic E-state index is -0.486. The summed E-state index contributed by atoms with van der Waals surface area (Å²) in [4.78, 5) is 21.9. The SMILES string of the molecule is Cc1nn(CC(=O)NCCCN)c(C)c1[N+](=O)[O-]. The first-order valence-corrected chi connectivity index (χ1v) is 5.62. The number of nitrogens with one attached hydrogen (secondary N) is 1. The van der Waals surface area contributed by atoms with E-state index in [1.165, 1.54) is 4.68 Å².